The number of halogens is 1. The lowest BCUT2D eigenvalue weighted by Crippen LogP contribution is -2.35. The van der Waals surface area contributed by atoms with Crippen LogP contribution in [0.4, 0.5) is 4.79 Å². The average molecular weight is 497 g/mol. The fraction of sp³-hybridized carbons (Fsp3) is 0.174. The molecule has 0 bridgehead atoms. The number of fused-ring (bicyclic) bond motifs is 1. The zero-order chi connectivity index (χ0) is 22.5. The number of nitrogens with one attached hydrogen (secondary N) is 1. The fourth-order valence-corrected chi connectivity index (χ4v) is 3.95. The predicted octanol–water partition coefficient (Wildman–Crippen LogP) is 4.16. The summed E-state index contributed by atoms with van der Waals surface area (Å²) in [7, 11) is 0. The summed E-state index contributed by atoms with van der Waals surface area (Å²) in [5.74, 6) is 0.280. The first-order valence-corrected chi connectivity index (χ1v) is 10.8. The Kier molecular flexibility index (Phi) is 6.67. The molecule has 0 aliphatic heterocycles. The van der Waals surface area contributed by atoms with E-state index in [0.717, 1.165) is 5.56 Å². The van der Waals surface area contributed by atoms with Crippen molar-refractivity contribution in [2.75, 3.05) is 6.61 Å². The molecule has 0 aliphatic rings. The highest BCUT2D eigenvalue weighted by atomic mass is 79.9. The molecule has 2 aromatic heterocycles. The molecule has 0 fully saturated rings. The van der Waals surface area contributed by atoms with Crippen molar-refractivity contribution < 1.29 is 14.6 Å². The van der Waals surface area contributed by atoms with E-state index < -0.39 is 12.1 Å². The lowest BCUT2D eigenvalue weighted by Gasteiger charge is -2.21. The van der Waals surface area contributed by atoms with Gasteiger partial charge in [0.05, 0.1) is 22.8 Å². The van der Waals surface area contributed by atoms with Gasteiger partial charge in [0.2, 0.25) is 0 Å². The molecule has 2 aromatic carbocycles. The van der Waals surface area contributed by atoms with Crippen molar-refractivity contribution in [1.82, 2.24) is 19.5 Å². The van der Waals surface area contributed by atoms with Gasteiger partial charge in [0.1, 0.15) is 5.52 Å². The Bertz CT molecular complexity index is 1270. The van der Waals surface area contributed by atoms with Crippen molar-refractivity contribution >= 4 is 27.5 Å². The molecular formula is C23H21BrN4O4. The third-order valence-corrected chi connectivity index (χ3v) is 5.59. The van der Waals surface area contributed by atoms with Crippen LogP contribution in [0.1, 0.15) is 23.9 Å². The number of benzene rings is 2. The van der Waals surface area contributed by atoms with Crippen LogP contribution in [0.5, 0.6) is 0 Å². The molecule has 32 heavy (non-hydrogen) atoms. The van der Waals surface area contributed by atoms with Crippen molar-refractivity contribution in [3.8, 4) is 5.69 Å². The summed E-state index contributed by atoms with van der Waals surface area (Å²) in [6.45, 7) is 0.682. The van der Waals surface area contributed by atoms with Crippen LogP contribution < -0.4 is 10.9 Å². The second-order valence-corrected chi connectivity index (χ2v) is 7.97. The van der Waals surface area contributed by atoms with Crippen molar-refractivity contribution in [3.05, 3.63) is 99.1 Å². The number of carboxylic acid groups (broad SMARTS) is 1. The number of ether oxygens (including phenoxy) is 1. The van der Waals surface area contributed by atoms with E-state index in [9.17, 15) is 14.7 Å². The Labute approximate surface area is 192 Å². The topological polar surface area (TPSA) is 97.9 Å². The van der Waals surface area contributed by atoms with E-state index in [2.05, 4.69) is 26.3 Å². The van der Waals surface area contributed by atoms with Gasteiger partial charge in [-0.2, -0.15) is 5.10 Å². The standard InChI is InChI=1S/C23H21BrN4O4/c24-18-11-13-27-20(18)22(29)28(17-9-5-2-6-10-17)21(26-27)19(25-23(30)31)12-14-32-15-16-7-3-1-4-8-16/h1-11,13,19,25H,12,14-15H2,(H,30,31). The van der Waals surface area contributed by atoms with Crippen molar-refractivity contribution in [1.29, 1.82) is 0 Å². The van der Waals surface area contributed by atoms with Crippen LogP contribution in [0.15, 0.2) is 82.2 Å². The normalized spacial score (nSPS) is 12.0. The minimum atomic E-state index is -1.21. The van der Waals surface area contributed by atoms with Crippen LogP contribution >= 0.6 is 15.9 Å². The van der Waals surface area contributed by atoms with E-state index >= 15 is 0 Å². The number of amides is 1. The van der Waals surface area contributed by atoms with E-state index in [0.29, 0.717) is 28.7 Å². The van der Waals surface area contributed by atoms with Crippen LogP contribution in [0.25, 0.3) is 11.2 Å². The Balaban J connectivity index is 1.69. The quantitative estimate of drug-likeness (QED) is 0.357. The zero-order valence-electron chi connectivity index (χ0n) is 17.0. The second-order valence-electron chi connectivity index (χ2n) is 7.12. The molecule has 1 unspecified atom stereocenters. The molecule has 0 radical (unpaired) electrons. The predicted molar refractivity (Wildman–Crippen MR) is 123 cm³/mol. The highest BCUT2D eigenvalue weighted by molar-refractivity contribution is 9.10. The largest absolute Gasteiger partial charge is 0.465 e. The van der Waals surface area contributed by atoms with Gasteiger partial charge in [-0.3, -0.25) is 9.36 Å². The number of hydrogen-bond acceptors (Lipinski definition) is 4. The van der Waals surface area contributed by atoms with Gasteiger partial charge in [0, 0.05) is 12.8 Å². The molecule has 0 saturated heterocycles. The summed E-state index contributed by atoms with van der Waals surface area (Å²) in [6, 6.07) is 19.7. The third-order valence-electron chi connectivity index (χ3n) is 4.95. The highest BCUT2D eigenvalue weighted by Gasteiger charge is 2.24. The Morgan fingerprint density at radius 3 is 2.47 bits per heavy atom. The number of nitrogens with zero attached hydrogens (tertiary/aromatic N) is 3. The highest BCUT2D eigenvalue weighted by Crippen LogP contribution is 2.21. The Morgan fingerprint density at radius 2 is 1.78 bits per heavy atom. The van der Waals surface area contributed by atoms with Gasteiger partial charge in [-0.15, -0.1) is 0 Å². The maximum Gasteiger partial charge on any atom is 0.405 e. The molecule has 1 amide bonds. The zero-order valence-corrected chi connectivity index (χ0v) is 18.6. The van der Waals surface area contributed by atoms with Crippen LogP contribution in [-0.4, -0.2) is 32.0 Å². The van der Waals surface area contributed by atoms with Gasteiger partial charge in [0.15, 0.2) is 5.82 Å². The summed E-state index contributed by atoms with van der Waals surface area (Å²) in [5.41, 5.74) is 1.68. The molecule has 0 saturated carbocycles. The molecule has 9 heteroatoms. The lowest BCUT2D eigenvalue weighted by atomic mass is 10.2. The summed E-state index contributed by atoms with van der Waals surface area (Å²) in [6.07, 6.45) is 0.746. The SMILES string of the molecule is O=C(O)NC(CCOCc1ccccc1)c1nn2ccc(Br)c2c(=O)n1-c1ccccc1. The molecule has 0 spiro atoms. The molecule has 1 atom stereocenters. The summed E-state index contributed by atoms with van der Waals surface area (Å²) >= 11 is 3.40. The molecule has 4 rings (SSSR count). The maximum atomic E-state index is 13.4. The molecule has 4 aromatic rings. The minimum Gasteiger partial charge on any atom is -0.465 e. The van der Waals surface area contributed by atoms with Crippen molar-refractivity contribution in [3.63, 3.8) is 0 Å². The molecular weight excluding hydrogens is 476 g/mol. The first-order chi connectivity index (χ1) is 15.5. The first kappa shape index (κ1) is 21.8. The van der Waals surface area contributed by atoms with Crippen molar-refractivity contribution in [2.45, 2.75) is 19.1 Å². The third kappa shape index (κ3) is 4.74. The number of para-hydroxylation sites is 1. The Morgan fingerprint density at radius 1 is 1.09 bits per heavy atom. The van der Waals surface area contributed by atoms with Gasteiger partial charge < -0.3 is 15.2 Å². The monoisotopic (exact) mass is 496 g/mol. The van der Waals surface area contributed by atoms with Gasteiger partial charge in [0.25, 0.3) is 5.56 Å². The number of aromatic nitrogens is 3. The molecule has 164 valence electrons. The summed E-state index contributed by atoms with van der Waals surface area (Å²) < 4.78 is 9.27. The smallest absolute Gasteiger partial charge is 0.405 e. The van der Waals surface area contributed by atoms with E-state index in [4.69, 9.17) is 4.74 Å². The van der Waals surface area contributed by atoms with Crippen LogP contribution in [0, 0.1) is 0 Å². The molecule has 2 heterocycles. The lowest BCUT2D eigenvalue weighted by molar-refractivity contribution is 0.109. The van der Waals surface area contributed by atoms with E-state index in [1.807, 2.05) is 48.5 Å². The van der Waals surface area contributed by atoms with E-state index in [1.165, 1.54) is 9.08 Å². The van der Waals surface area contributed by atoms with Gasteiger partial charge in [-0.05, 0) is 46.1 Å². The summed E-state index contributed by atoms with van der Waals surface area (Å²) in [4.78, 5) is 25.0. The molecule has 8 nitrogen and oxygen atoms in total. The fourth-order valence-electron chi connectivity index (χ4n) is 3.48. The van der Waals surface area contributed by atoms with Gasteiger partial charge >= 0.3 is 6.09 Å². The minimum absolute atomic E-state index is 0.276. The van der Waals surface area contributed by atoms with Gasteiger partial charge in [-0.1, -0.05) is 48.5 Å². The average Bonchev–Trinajstić information content (AvgIpc) is 3.17. The van der Waals surface area contributed by atoms with E-state index in [-0.39, 0.29) is 18.0 Å². The van der Waals surface area contributed by atoms with Crippen LogP contribution in [0.2, 0.25) is 0 Å². The number of rotatable bonds is 8. The molecule has 2 N–H and O–H groups in total. The molecule has 0 aliphatic carbocycles. The van der Waals surface area contributed by atoms with Crippen molar-refractivity contribution in [2.24, 2.45) is 0 Å². The number of carbonyl (C=O) groups is 1. The number of hydrogen-bond donors (Lipinski definition) is 2. The van der Waals surface area contributed by atoms with Gasteiger partial charge in [-0.25, -0.2) is 9.31 Å². The Hall–Kier alpha value is -3.43. The van der Waals surface area contributed by atoms with Crippen LogP contribution in [0.3, 0.4) is 0 Å². The van der Waals surface area contributed by atoms with Crippen LogP contribution in [-0.2, 0) is 11.3 Å². The maximum absolute atomic E-state index is 13.4. The second kappa shape index (κ2) is 9.80. The first-order valence-electron chi connectivity index (χ1n) is 10.0. The summed E-state index contributed by atoms with van der Waals surface area (Å²) in [5, 5.41) is 16.5. The van der Waals surface area contributed by atoms with E-state index in [1.54, 1.807) is 24.4 Å².